The molecule has 1 fully saturated rings. The van der Waals surface area contributed by atoms with Crippen LogP contribution >= 0.6 is 0 Å². The Bertz CT molecular complexity index is 502. The predicted molar refractivity (Wildman–Crippen MR) is 85.0 cm³/mol. The summed E-state index contributed by atoms with van der Waals surface area (Å²) in [6.07, 6.45) is 3.77. The van der Waals surface area contributed by atoms with Gasteiger partial charge >= 0.3 is 0 Å². The fraction of sp³-hybridized carbons (Fsp3) is 0.625. The molecule has 1 aromatic carbocycles. The van der Waals surface area contributed by atoms with Gasteiger partial charge in [-0.2, -0.15) is 0 Å². The Hall–Kier alpha value is -1.62. The second-order valence-electron chi connectivity index (χ2n) is 6.36. The van der Waals surface area contributed by atoms with E-state index < -0.39 is 4.92 Å². The van der Waals surface area contributed by atoms with E-state index in [0.717, 1.165) is 37.0 Å². The van der Waals surface area contributed by atoms with Gasteiger partial charge in [0.05, 0.1) is 4.92 Å². The Kier molecular flexibility index (Phi) is 5.17. The number of nitrogens with two attached hydrogens (primary N) is 1. The first-order valence-corrected chi connectivity index (χ1v) is 7.72. The molecule has 0 radical (unpaired) electrons. The minimum absolute atomic E-state index is 0.00510. The topological polar surface area (TPSA) is 72.4 Å². The Labute approximate surface area is 126 Å². The van der Waals surface area contributed by atoms with Gasteiger partial charge in [-0.05, 0) is 55.8 Å². The van der Waals surface area contributed by atoms with Crippen molar-refractivity contribution in [1.29, 1.82) is 0 Å². The molecule has 2 N–H and O–H groups in total. The number of nitro groups is 1. The van der Waals surface area contributed by atoms with Crippen LogP contribution in [-0.2, 0) is 6.54 Å². The summed E-state index contributed by atoms with van der Waals surface area (Å²) in [5.74, 6) is 1.57. The van der Waals surface area contributed by atoms with Gasteiger partial charge < -0.3 is 5.73 Å². The molecule has 2 rings (SSSR count). The lowest BCUT2D eigenvalue weighted by molar-refractivity contribution is -0.383. The van der Waals surface area contributed by atoms with Gasteiger partial charge in [-0.1, -0.05) is 19.9 Å². The maximum absolute atomic E-state index is 10.8. The lowest BCUT2D eigenvalue weighted by Crippen LogP contribution is -2.24. The number of anilines is 1. The van der Waals surface area contributed by atoms with Crippen molar-refractivity contribution in [2.24, 2.45) is 11.8 Å². The van der Waals surface area contributed by atoms with Crippen LogP contribution in [0, 0.1) is 22.0 Å². The highest BCUT2D eigenvalue weighted by Crippen LogP contribution is 2.26. The zero-order chi connectivity index (χ0) is 15.4. The summed E-state index contributed by atoms with van der Waals surface area (Å²) in [5, 5.41) is 10.8. The van der Waals surface area contributed by atoms with E-state index in [2.05, 4.69) is 18.7 Å². The molecule has 0 aliphatic carbocycles. The van der Waals surface area contributed by atoms with E-state index in [1.807, 2.05) is 6.07 Å². The van der Waals surface area contributed by atoms with Gasteiger partial charge in [0.15, 0.2) is 0 Å². The van der Waals surface area contributed by atoms with Crippen molar-refractivity contribution in [3.05, 3.63) is 33.9 Å². The average Bonchev–Trinajstić information content (AvgIpc) is 2.64. The molecule has 1 atom stereocenters. The van der Waals surface area contributed by atoms with E-state index in [-0.39, 0.29) is 11.4 Å². The molecule has 1 heterocycles. The lowest BCUT2D eigenvalue weighted by Gasteiger charge is -2.21. The van der Waals surface area contributed by atoms with E-state index >= 15 is 0 Å². The zero-order valence-corrected chi connectivity index (χ0v) is 12.9. The fourth-order valence-electron chi connectivity index (χ4n) is 3.13. The average molecular weight is 291 g/mol. The van der Waals surface area contributed by atoms with Crippen LogP contribution in [0.25, 0.3) is 0 Å². The van der Waals surface area contributed by atoms with Crippen molar-refractivity contribution in [2.45, 2.75) is 39.7 Å². The van der Waals surface area contributed by atoms with Gasteiger partial charge in [-0.25, -0.2) is 0 Å². The Morgan fingerprint density at radius 2 is 2.14 bits per heavy atom. The summed E-state index contributed by atoms with van der Waals surface area (Å²) in [6.45, 7) is 7.63. The van der Waals surface area contributed by atoms with E-state index in [9.17, 15) is 10.1 Å². The molecular formula is C16H25N3O2. The van der Waals surface area contributed by atoms with Crippen molar-refractivity contribution < 1.29 is 4.92 Å². The molecule has 5 nitrogen and oxygen atoms in total. The van der Waals surface area contributed by atoms with Crippen molar-refractivity contribution >= 4 is 11.4 Å². The van der Waals surface area contributed by atoms with Gasteiger partial charge in [-0.15, -0.1) is 0 Å². The molecule has 1 aromatic rings. The van der Waals surface area contributed by atoms with Crippen LogP contribution in [0.2, 0.25) is 0 Å². The molecule has 0 amide bonds. The summed E-state index contributed by atoms with van der Waals surface area (Å²) < 4.78 is 0. The number of rotatable bonds is 4. The SMILES string of the molecule is CC(C)C1CCCN(Cc2ccc([N+](=O)[O-])c(N)c2)CC1. The summed E-state index contributed by atoms with van der Waals surface area (Å²) in [5.41, 5.74) is 7.07. The second kappa shape index (κ2) is 6.89. The highest BCUT2D eigenvalue weighted by Gasteiger charge is 2.20. The largest absolute Gasteiger partial charge is 0.393 e. The number of nitro benzene ring substituents is 1. The molecule has 0 aromatic heterocycles. The lowest BCUT2D eigenvalue weighted by atomic mass is 9.89. The van der Waals surface area contributed by atoms with Crippen LogP contribution in [0.5, 0.6) is 0 Å². The predicted octanol–water partition coefficient (Wildman–Crippen LogP) is 3.44. The molecule has 0 bridgehead atoms. The number of hydrogen-bond donors (Lipinski definition) is 1. The summed E-state index contributed by atoms with van der Waals surface area (Å²) in [7, 11) is 0. The van der Waals surface area contributed by atoms with Crippen LogP contribution in [0.3, 0.4) is 0 Å². The van der Waals surface area contributed by atoms with E-state index in [0.29, 0.717) is 0 Å². The standard InChI is InChI=1S/C16H25N3O2/c1-12(2)14-4-3-8-18(9-7-14)11-13-5-6-16(19(20)21)15(17)10-13/h5-6,10,12,14H,3-4,7-9,11,17H2,1-2H3. The van der Waals surface area contributed by atoms with Gasteiger partial charge in [-0.3, -0.25) is 15.0 Å². The molecule has 1 unspecified atom stereocenters. The summed E-state index contributed by atoms with van der Waals surface area (Å²) in [6, 6.07) is 5.07. The van der Waals surface area contributed by atoms with Crippen molar-refractivity contribution in [3.63, 3.8) is 0 Å². The number of hydrogen-bond acceptors (Lipinski definition) is 4. The Morgan fingerprint density at radius 1 is 1.38 bits per heavy atom. The monoisotopic (exact) mass is 291 g/mol. The zero-order valence-electron chi connectivity index (χ0n) is 12.9. The first-order chi connectivity index (χ1) is 9.97. The number of nitrogen functional groups attached to an aromatic ring is 1. The first kappa shape index (κ1) is 15.8. The molecule has 116 valence electrons. The number of nitrogens with zero attached hydrogens (tertiary/aromatic N) is 2. The van der Waals surface area contributed by atoms with Crippen molar-refractivity contribution in [2.75, 3.05) is 18.8 Å². The molecule has 5 heteroatoms. The molecule has 1 aliphatic heterocycles. The smallest absolute Gasteiger partial charge is 0.292 e. The van der Waals surface area contributed by atoms with Crippen molar-refractivity contribution in [1.82, 2.24) is 4.90 Å². The maximum Gasteiger partial charge on any atom is 0.292 e. The van der Waals surface area contributed by atoms with Gasteiger partial charge in [0.2, 0.25) is 0 Å². The third-order valence-corrected chi connectivity index (χ3v) is 4.50. The van der Waals surface area contributed by atoms with Crippen LogP contribution in [0.1, 0.15) is 38.7 Å². The maximum atomic E-state index is 10.8. The second-order valence-corrected chi connectivity index (χ2v) is 6.36. The van der Waals surface area contributed by atoms with Crippen LogP contribution in [-0.4, -0.2) is 22.9 Å². The van der Waals surface area contributed by atoms with Gasteiger partial charge in [0.25, 0.3) is 5.69 Å². The van der Waals surface area contributed by atoms with E-state index in [1.54, 1.807) is 6.07 Å². The minimum atomic E-state index is -0.432. The molecule has 0 spiro atoms. The molecular weight excluding hydrogens is 266 g/mol. The highest BCUT2D eigenvalue weighted by atomic mass is 16.6. The quantitative estimate of drug-likeness (QED) is 0.524. The fourth-order valence-corrected chi connectivity index (χ4v) is 3.13. The molecule has 21 heavy (non-hydrogen) atoms. The summed E-state index contributed by atoms with van der Waals surface area (Å²) in [4.78, 5) is 12.8. The van der Waals surface area contributed by atoms with Crippen LogP contribution in [0.4, 0.5) is 11.4 Å². The van der Waals surface area contributed by atoms with Crippen LogP contribution < -0.4 is 5.73 Å². The number of benzene rings is 1. The first-order valence-electron chi connectivity index (χ1n) is 7.72. The van der Waals surface area contributed by atoms with Gasteiger partial charge in [0, 0.05) is 12.6 Å². The molecule has 0 saturated carbocycles. The number of likely N-dealkylation sites (tertiary alicyclic amines) is 1. The van der Waals surface area contributed by atoms with Gasteiger partial charge in [0.1, 0.15) is 5.69 Å². The third kappa shape index (κ3) is 4.17. The summed E-state index contributed by atoms with van der Waals surface area (Å²) >= 11 is 0. The molecule has 1 aliphatic rings. The normalized spacial score (nSPS) is 20.4. The third-order valence-electron chi connectivity index (χ3n) is 4.50. The van der Waals surface area contributed by atoms with E-state index in [1.165, 1.54) is 25.3 Å². The van der Waals surface area contributed by atoms with Crippen molar-refractivity contribution in [3.8, 4) is 0 Å². The van der Waals surface area contributed by atoms with Crippen LogP contribution in [0.15, 0.2) is 18.2 Å². The highest BCUT2D eigenvalue weighted by molar-refractivity contribution is 5.59. The minimum Gasteiger partial charge on any atom is -0.393 e. The van der Waals surface area contributed by atoms with E-state index in [4.69, 9.17) is 5.73 Å². The molecule has 1 saturated heterocycles. The Morgan fingerprint density at radius 3 is 2.76 bits per heavy atom. The Balaban J connectivity index is 1.98.